The Balaban J connectivity index is 2.61. The molecule has 7 nitrogen and oxygen atoms in total. The molecule has 0 radical (unpaired) electrons. The maximum Gasteiger partial charge on any atom is 0.331 e. The van der Waals surface area contributed by atoms with Crippen LogP contribution in [0.15, 0.2) is 29.8 Å². The van der Waals surface area contributed by atoms with Crippen molar-refractivity contribution in [1.82, 2.24) is 0 Å². The van der Waals surface area contributed by atoms with Crippen molar-refractivity contribution in [2.45, 2.75) is 20.8 Å². The number of hydrogen-bond acceptors (Lipinski definition) is 5. The summed E-state index contributed by atoms with van der Waals surface area (Å²) < 4.78 is 4.75. The van der Waals surface area contributed by atoms with E-state index in [9.17, 15) is 19.7 Å². The normalized spacial score (nSPS) is 9.67. The van der Waals surface area contributed by atoms with Crippen molar-refractivity contribution in [2.75, 3.05) is 11.9 Å². The predicted molar refractivity (Wildman–Crippen MR) is 76.9 cm³/mol. The van der Waals surface area contributed by atoms with Crippen molar-refractivity contribution < 1.29 is 19.2 Å². The van der Waals surface area contributed by atoms with E-state index < -0.39 is 23.4 Å². The molecule has 1 amide bonds. The van der Waals surface area contributed by atoms with Crippen LogP contribution in [-0.2, 0) is 14.3 Å². The third kappa shape index (κ3) is 5.43. The van der Waals surface area contributed by atoms with Crippen molar-refractivity contribution in [3.63, 3.8) is 0 Å². The number of carbonyl (C=O) groups is 2. The van der Waals surface area contributed by atoms with Crippen molar-refractivity contribution >= 4 is 23.3 Å². The third-order valence-electron chi connectivity index (χ3n) is 2.45. The van der Waals surface area contributed by atoms with Gasteiger partial charge in [-0.15, -0.1) is 0 Å². The number of allylic oxidation sites excluding steroid dienone is 1. The van der Waals surface area contributed by atoms with Crippen molar-refractivity contribution in [3.05, 3.63) is 45.5 Å². The molecule has 1 aromatic carbocycles. The van der Waals surface area contributed by atoms with Crippen molar-refractivity contribution in [1.29, 1.82) is 0 Å². The summed E-state index contributed by atoms with van der Waals surface area (Å²) in [4.78, 5) is 33.0. The van der Waals surface area contributed by atoms with Crippen LogP contribution in [0, 0.1) is 17.0 Å². The minimum atomic E-state index is -0.592. The second-order valence-corrected chi connectivity index (χ2v) is 4.63. The molecule has 0 aliphatic heterocycles. The molecule has 1 rings (SSSR count). The number of amides is 1. The van der Waals surface area contributed by atoms with Gasteiger partial charge in [-0.2, -0.15) is 0 Å². The topological polar surface area (TPSA) is 98.5 Å². The first-order chi connectivity index (χ1) is 9.79. The molecule has 0 fully saturated rings. The number of nitro groups is 1. The molecule has 1 aromatic rings. The standard InChI is InChI=1S/C14H16N2O5/c1-9(2)6-14(18)21-8-13(17)15-12-5-4-11(16(19)20)7-10(12)3/h4-7H,8H2,1-3H3,(H,15,17). The van der Waals surface area contributed by atoms with E-state index in [0.717, 1.165) is 5.57 Å². The van der Waals surface area contributed by atoms with Gasteiger partial charge in [0, 0.05) is 23.9 Å². The Bertz CT molecular complexity index is 603. The fraction of sp³-hybridized carbons (Fsp3) is 0.286. The SMILES string of the molecule is CC(C)=CC(=O)OCC(=O)Nc1ccc([N+](=O)[O-])cc1C. The van der Waals surface area contributed by atoms with Crippen LogP contribution in [0.5, 0.6) is 0 Å². The number of esters is 1. The zero-order valence-electron chi connectivity index (χ0n) is 12.0. The Hall–Kier alpha value is -2.70. The van der Waals surface area contributed by atoms with E-state index in [1.165, 1.54) is 24.3 Å². The maximum atomic E-state index is 11.6. The molecule has 0 saturated carbocycles. The average Bonchev–Trinajstić information content (AvgIpc) is 2.37. The molecule has 21 heavy (non-hydrogen) atoms. The molecule has 0 aromatic heterocycles. The lowest BCUT2D eigenvalue weighted by atomic mass is 10.2. The number of hydrogen-bond donors (Lipinski definition) is 1. The summed E-state index contributed by atoms with van der Waals surface area (Å²) in [5, 5.41) is 13.1. The van der Waals surface area contributed by atoms with E-state index in [2.05, 4.69) is 5.32 Å². The molecule has 0 unspecified atom stereocenters. The monoisotopic (exact) mass is 292 g/mol. The second kappa shape index (κ2) is 7.18. The Morgan fingerprint density at radius 1 is 1.38 bits per heavy atom. The summed E-state index contributed by atoms with van der Waals surface area (Å²) in [6, 6.07) is 4.08. The maximum absolute atomic E-state index is 11.6. The summed E-state index contributed by atoms with van der Waals surface area (Å²) >= 11 is 0. The third-order valence-corrected chi connectivity index (χ3v) is 2.45. The zero-order chi connectivity index (χ0) is 16.0. The van der Waals surface area contributed by atoms with Gasteiger partial charge in [0.2, 0.25) is 0 Å². The molecule has 0 atom stereocenters. The predicted octanol–water partition coefficient (Wildman–Crippen LogP) is 2.35. The summed E-state index contributed by atoms with van der Waals surface area (Å²) in [6.07, 6.45) is 1.28. The number of anilines is 1. The molecule has 7 heteroatoms. The smallest absolute Gasteiger partial charge is 0.331 e. The highest BCUT2D eigenvalue weighted by Crippen LogP contribution is 2.20. The number of non-ortho nitro benzene ring substituents is 1. The molecule has 0 saturated heterocycles. The van der Waals surface area contributed by atoms with Crippen LogP contribution in [0.1, 0.15) is 19.4 Å². The summed E-state index contributed by atoms with van der Waals surface area (Å²) in [6.45, 7) is 4.69. The van der Waals surface area contributed by atoms with Gasteiger partial charge in [-0.05, 0) is 32.4 Å². The Kier molecular flexibility index (Phi) is 5.59. The van der Waals surface area contributed by atoms with Gasteiger partial charge in [0.15, 0.2) is 6.61 Å². The van der Waals surface area contributed by atoms with Crippen LogP contribution in [0.3, 0.4) is 0 Å². The Morgan fingerprint density at radius 3 is 2.57 bits per heavy atom. The number of rotatable bonds is 5. The number of ether oxygens (including phenoxy) is 1. The molecule has 0 spiro atoms. The highest BCUT2D eigenvalue weighted by molar-refractivity contribution is 5.94. The van der Waals surface area contributed by atoms with Crippen molar-refractivity contribution in [2.24, 2.45) is 0 Å². The van der Waals surface area contributed by atoms with E-state index in [1.807, 2.05) is 0 Å². The van der Waals surface area contributed by atoms with Crippen molar-refractivity contribution in [3.8, 4) is 0 Å². The van der Waals surface area contributed by atoms with E-state index in [-0.39, 0.29) is 5.69 Å². The number of nitro benzene ring substituents is 1. The highest BCUT2D eigenvalue weighted by atomic mass is 16.6. The van der Waals surface area contributed by atoms with E-state index in [4.69, 9.17) is 4.74 Å². The van der Waals surface area contributed by atoms with E-state index >= 15 is 0 Å². The van der Waals surface area contributed by atoms with Crippen LogP contribution in [0.2, 0.25) is 0 Å². The summed E-state index contributed by atoms with van der Waals surface area (Å²) in [5.74, 6) is -1.10. The van der Waals surface area contributed by atoms with Crippen LogP contribution in [0.25, 0.3) is 0 Å². The Labute approximate surface area is 121 Å². The summed E-state index contributed by atoms with van der Waals surface area (Å²) in [7, 11) is 0. The van der Waals surface area contributed by atoms with Gasteiger partial charge in [-0.25, -0.2) is 4.79 Å². The number of nitrogens with one attached hydrogen (secondary N) is 1. The number of nitrogens with zero attached hydrogens (tertiary/aromatic N) is 1. The fourth-order valence-electron chi connectivity index (χ4n) is 1.50. The molecular weight excluding hydrogens is 276 g/mol. The minimum Gasteiger partial charge on any atom is -0.452 e. The van der Waals surface area contributed by atoms with Crippen LogP contribution < -0.4 is 5.32 Å². The van der Waals surface area contributed by atoms with Crippen LogP contribution >= 0.6 is 0 Å². The van der Waals surface area contributed by atoms with E-state index in [0.29, 0.717) is 11.3 Å². The van der Waals surface area contributed by atoms with E-state index in [1.54, 1.807) is 20.8 Å². The molecule has 0 bridgehead atoms. The van der Waals surface area contributed by atoms with Gasteiger partial charge in [0.05, 0.1) is 4.92 Å². The van der Waals surface area contributed by atoms with Gasteiger partial charge in [0.25, 0.3) is 11.6 Å². The fourth-order valence-corrected chi connectivity index (χ4v) is 1.50. The Morgan fingerprint density at radius 2 is 2.05 bits per heavy atom. The molecule has 1 N–H and O–H groups in total. The first-order valence-corrected chi connectivity index (χ1v) is 6.16. The number of benzene rings is 1. The highest BCUT2D eigenvalue weighted by Gasteiger charge is 2.11. The molecule has 0 aliphatic rings. The largest absolute Gasteiger partial charge is 0.452 e. The first kappa shape index (κ1) is 16.4. The van der Waals surface area contributed by atoms with Gasteiger partial charge >= 0.3 is 5.97 Å². The quantitative estimate of drug-likeness (QED) is 0.389. The molecular formula is C14H16N2O5. The number of carbonyl (C=O) groups excluding carboxylic acids is 2. The first-order valence-electron chi connectivity index (χ1n) is 6.16. The molecule has 0 aliphatic carbocycles. The van der Waals surface area contributed by atoms with Gasteiger partial charge in [0.1, 0.15) is 0 Å². The zero-order valence-corrected chi connectivity index (χ0v) is 12.0. The number of aryl methyl sites for hydroxylation is 1. The molecule has 0 heterocycles. The second-order valence-electron chi connectivity index (χ2n) is 4.63. The lowest BCUT2D eigenvalue weighted by Crippen LogP contribution is -2.20. The molecule has 112 valence electrons. The lowest BCUT2D eigenvalue weighted by molar-refractivity contribution is -0.384. The van der Waals surface area contributed by atoms with Gasteiger partial charge in [-0.1, -0.05) is 5.57 Å². The van der Waals surface area contributed by atoms with Crippen LogP contribution in [-0.4, -0.2) is 23.4 Å². The summed E-state index contributed by atoms with van der Waals surface area (Å²) in [5.41, 5.74) is 1.70. The lowest BCUT2D eigenvalue weighted by Gasteiger charge is -2.08. The minimum absolute atomic E-state index is 0.0551. The van der Waals surface area contributed by atoms with Gasteiger partial charge < -0.3 is 10.1 Å². The average molecular weight is 292 g/mol. The van der Waals surface area contributed by atoms with Crippen LogP contribution in [0.4, 0.5) is 11.4 Å². The van der Waals surface area contributed by atoms with Gasteiger partial charge in [-0.3, -0.25) is 14.9 Å².